The van der Waals surface area contributed by atoms with Crippen LogP contribution < -0.4 is 10.1 Å². The lowest BCUT2D eigenvalue weighted by Crippen LogP contribution is -2.39. The highest BCUT2D eigenvalue weighted by Crippen LogP contribution is 2.21. The van der Waals surface area contributed by atoms with Crippen LogP contribution in [0.4, 0.5) is 14.9 Å². The van der Waals surface area contributed by atoms with Gasteiger partial charge in [0.05, 0.1) is 6.61 Å². The molecule has 0 saturated heterocycles. The van der Waals surface area contributed by atoms with Crippen LogP contribution in [-0.4, -0.2) is 54.6 Å². The van der Waals surface area contributed by atoms with Gasteiger partial charge in [0.25, 0.3) is 0 Å². The summed E-state index contributed by atoms with van der Waals surface area (Å²) in [6.07, 6.45) is 3.42. The number of nitrogens with zero attached hydrogens (tertiary/aromatic N) is 3. The number of urea groups is 1. The normalized spacial score (nSPS) is 10.7. The number of amides is 2. The molecule has 0 fully saturated rings. The molecule has 0 aliphatic rings. The number of halogens is 1. The minimum Gasteiger partial charge on any atom is -0.491 e. The monoisotopic (exact) mass is 360 g/mol. The lowest BCUT2D eigenvalue weighted by Gasteiger charge is -2.25. The van der Waals surface area contributed by atoms with Gasteiger partial charge in [0.2, 0.25) is 0 Å². The highest BCUT2D eigenvalue weighted by Gasteiger charge is 2.15. The average Bonchev–Trinajstić information content (AvgIpc) is 2.61. The molecule has 26 heavy (non-hydrogen) atoms. The Morgan fingerprint density at radius 2 is 2.08 bits per heavy atom. The number of hydrogen-bond donors (Lipinski definition) is 1. The van der Waals surface area contributed by atoms with E-state index in [4.69, 9.17) is 4.74 Å². The Morgan fingerprint density at radius 1 is 1.27 bits per heavy atom. The molecule has 6 nitrogen and oxygen atoms in total. The molecular formula is C19H25FN4O2. The zero-order valence-electron chi connectivity index (χ0n) is 15.4. The first kappa shape index (κ1) is 19.7. The fourth-order valence-corrected chi connectivity index (χ4v) is 2.34. The molecule has 2 aromatic rings. The quantitative estimate of drug-likeness (QED) is 0.785. The van der Waals surface area contributed by atoms with Gasteiger partial charge in [-0.2, -0.15) is 0 Å². The SMILES string of the molecule is CCOc1ccc(NC(=O)N(CCN(C)C)Cc2cccnc2)cc1F. The second kappa shape index (κ2) is 9.72. The van der Waals surface area contributed by atoms with Crippen molar-refractivity contribution < 1.29 is 13.9 Å². The molecule has 0 bridgehead atoms. The van der Waals surface area contributed by atoms with Gasteiger partial charge < -0.3 is 19.9 Å². The van der Waals surface area contributed by atoms with Crippen molar-refractivity contribution in [3.8, 4) is 5.75 Å². The number of hydrogen-bond acceptors (Lipinski definition) is 4. The van der Waals surface area contributed by atoms with Crippen LogP contribution in [0.15, 0.2) is 42.7 Å². The fourth-order valence-electron chi connectivity index (χ4n) is 2.34. The van der Waals surface area contributed by atoms with E-state index in [0.29, 0.717) is 31.9 Å². The maximum Gasteiger partial charge on any atom is 0.322 e. The maximum absolute atomic E-state index is 14.0. The van der Waals surface area contributed by atoms with Crippen LogP contribution in [0.1, 0.15) is 12.5 Å². The van der Waals surface area contributed by atoms with Crippen molar-refractivity contribution in [2.24, 2.45) is 0 Å². The Hall–Kier alpha value is -2.67. The lowest BCUT2D eigenvalue weighted by atomic mass is 10.2. The molecule has 0 unspecified atom stereocenters. The molecule has 0 atom stereocenters. The summed E-state index contributed by atoms with van der Waals surface area (Å²) in [7, 11) is 3.89. The van der Waals surface area contributed by atoms with Crippen molar-refractivity contribution in [2.75, 3.05) is 39.1 Å². The van der Waals surface area contributed by atoms with Crippen molar-refractivity contribution in [3.63, 3.8) is 0 Å². The minimum absolute atomic E-state index is 0.172. The standard InChI is InChI=1S/C19H25FN4O2/c1-4-26-18-8-7-16(12-17(18)20)22-19(25)24(11-10-23(2)3)14-15-6-5-9-21-13-15/h5-9,12-13H,4,10-11,14H2,1-3H3,(H,22,25). The predicted molar refractivity (Wildman–Crippen MR) is 99.8 cm³/mol. The number of carbonyl (C=O) groups is 1. The molecule has 1 heterocycles. The van der Waals surface area contributed by atoms with Crippen LogP contribution in [0, 0.1) is 5.82 Å². The third-order valence-electron chi connectivity index (χ3n) is 3.68. The topological polar surface area (TPSA) is 57.7 Å². The maximum atomic E-state index is 14.0. The second-order valence-electron chi connectivity index (χ2n) is 6.09. The molecule has 1 N–H and O–H groups in total. The zero-order valence-corrected chi connectivity index (χ0v) is 15.4. The van der Waals surface area contributed by atoms with Gasteiger partial charge in [0.15, 0.2) is 11.6 Å². The van der Waals surface area contributed by atoms with Gasteiger partial charge in [-0.05, 0) is 44.8 Å². The molecule has 0 spiro atoms. The number of nitrogens with one attached hydrogen (secondary N) is 1. The highest BCUT2D eigenvalue weighted by atomic mass is 19.1. The molecule has 7 heteroatoms. The fraction of sp³-hybridized carbons (Fsp3) is 0.368. The zero-order chi connectivity index (χ0) is 18.9. The molecule has 0 saturated carbocycles. The number of likely N-dealkylation sites (N-methyl/N-ethyl adjacent to an activating group) is 1. The van der Waals surface area contributed by atoms with Crippen LogP contribution in [0.25, 0.3) is 0 Å². The molecule has 1 aromatic heterocycles. The Kier molecular flexibility index (Phi) is 7.35. The first-order valence-corrected chi connectivity index (χ1v) is 8.51. The van der Waals surface area contributed by atoms with Crippen LogP contribution in [-0.2, 0) is 6.54 Å². The van der Waals surface area contributed by atoms with Crippen molar-refractivity contribution in [1.82, 2.24) is 14.8 Å². The molecule has 0 aliphatic carbocycles. The number of pyridine rings is 1. The van der Waals surface area contributed by atoms with E-state index < -0.39 is 5.82 Å². The number of rotatable bonds is 8. The van der Waals surface area contributed by atoms with E-state index in [-0.39, 0.29) is 11.8 Å². The van der Waals surface area contributed by atoms with Crippen molar-refractivity contribution in [3.05, 3.63) is 54.1 Å². The van der Waals surface area contributed by atoms with E-state index in [1.807, 2.05) is 31.1 Å². The van der Waals surface area contributed by atoms with Gasteiger partial charge in [-0.3, -0.25) is 4.98 Å². The third-order valence-corrected chi connectivity index (χ3v) is 3.68. The van der Waals surface area contributed by atoms with E-state index in [0.717, 1.165) is 5.56 Å². The molecule has 1 aromatic carbocycles. The summed E-state index contributed by atoms with van der Waals surface area (Å²) in [4.78, 5) is 20.4. The van der Waals surface area contributed by atoms with Crippen LogP contribution in [0.2, 0.25) is 0 Å². The van der Waals surface area contributed by atoms with E-state index in [9.17, 15) is 9.18 Å². The summed E-state index contributed by atoms with van der Waals surface area (Å²) in [5, 5.41) is 2.75. The molecular weight excluding hydrogens is 335 g/mol. The Bertz CT molecular complexity index is 710. The lowest BCUT2D eigenvalue weighted by molar-refractivity contribution is 0.202. The van der Waals surface area contributed by atoms with Crippen LogP contribution in [0.5, 0.6) is 5.75 Å². The number of ether oxygens (including phenoxy) is 1. The molecule has 2 rings (SSSR count). The summed E-state index contributed by atoms with van der Waals surface area (Å²) < 4.78 is 19.2. The Morgan fingerprint density at radius 3 is 2.69 bits per heavy atom. The number of benzene rings is 1. The highest BCUT2D eigenvalue weighted by molar-refractivity contribution is 5.89. The van der Waals surface area contributed by atoms with Gasteiger partial charge in [-0.15, -0.1) is 0 Å². The van der Waals surface area contributed by atoms with Gasteiger partial charge in [-0.25, -0.2) is 9.18 Å². The van der Waals surface area contributed by atoms with Crippen LogP contribution >= 0.6 is 0 Å². The summed E-state index contributed by atoms with van der Waals surface area (Å²) in [6.45, 7) is 3.84. The predicted octanol–water partition coefficient (Wildman–Crippen LogP) is 3.22. The van der Waals surface area contributed by atoms with Gasteiger partial charge >= 0.3 is 6.03 Å². The van der Waals surface area contributed by atoms with Gasteiger partial charge in [0.1, 0.15) is 0 Å². The summed E-state index contributed by atoms with van der Waals surface area (Å²) >= 11 is 0. The van der Waals surface area contributed by atoms with Crippen molar-refractivity contribution >= 4 is 11.7 Å². The van der Waals surface area contributed by atoms with Crippen molar-refractivity contribution in [2.45, 2.75) is 13.5 Å². The largest absolute Gasteiger partial charge is 0.491 e. The van der Waals surface area contributed by atoms with E-state index in [1.54, 1.807) is 30.3 Å². The molecule has 2 amide bonds. The van der Waals surface area contributed by atoms with Crippen LogP contribution in [0.3, 0.4) is 0 Å². The first-order chi connectivity index (χ1) is 12.5. The minimum atomic E-state index is -0.503. The first-order valence-electron chi connectivity index (χ1n) is 8.51. The second-order valence-corrected chi connectivity index (χ2v) is 6.09. The smallest absolute Gasteiger partial charge is 0.322 e. The molecule has 140 valence electrons. The summed E-state index contributed by atoms with van der Waals surface area (Å²) in [6, 6.07) is 7.86. The summed E-state index contributed by atoms with van der Waals surface area (Å²) in [5.41, 5.74) is 1.32. The average molecular weight is 360 g/mol. The summed E-state index contributed by atoms with van der Waals surface area (Å²) in [5.74, 6) is -0.331. The Balaban J connectivity index is 2.08. The van der Waals surface area contributed by atoms with E-state index in [1.165, 1.54) is 12.1 Å². The van der Waals surface area contributed by atoms with E-state index in [2.05, 4.69) is 10.3 Å². The van der Waals surface area contributed by atoms with Crippen molar-refractivity contribution in [1.29, 1.82) is 0 Å². The number of aromatic nitrogens is 1. The third kappa shape index (κ3) is 6.00. The Labute approximate surface area is 153 Å². The van der Waals surface area contributed by atoms with E-state index >= 15 is 0 Å². The number of carbonyl (C=O) groups excluding carboxylic acids is 1. The molecule has 0 radical (unpaired) electrons. The molecule has 0 aliphatic heterocycles. The van der Waals surface area contributed by atoms with Gasteiger partial charge in [0, 0.05) is 43.8 Å². The van der Waals surface area contributed by atoms with Gasteiger partial charge in [-0.1, -0.05) is 6.07 Å². The number of anilines is 1.